The van der Waals surface area contributed by atoms with E-state index in [9.17, 15) is 11.0 Å². The highest BCUT2D eigenvalue weighted by Crippen LogP contribution is 2.49. The minimum atomic E-state index is -0.659. The highest BCUT2D eigenvalue weighted by molar-refractivity contribution is 6.23. The van der Waals surface area contributed by atoms with E-state index >= 15 is 0 Å². The quantitative estimate of drug-likeness (QED) is 0.139. The third-order valence-electron chi connectivity index (χ3n) is 9.17. The molecule has 0 aliphatic carbocycles. The van der Waals surface area contributed by atoms with Crippen molar-refractivity contribution >= 4 is 54.1 Å². The van der Waals surface area contributed by atoms with Crippen LogP contribution in [0.2, 0.25) is 0 Å². The lowest BCUT2D eigenvalue weighted by Gasteiger charge is -2.17. The second-order valence-electron chi connectivity index (χ2n) is 11.9. The maximum Gasteiger partial charge on any atom is 0.144 e. The van der Waals surface area contributed by atoms with E-state index in [2.05, 4.69) is 0 Å². The van der Waals surface area contributed by atoms with E-state index in [4.69, 9.17) is 9.90 Å². The Morgan fingerprint density at radius 3 is 1.61 bits per heavy atom. The van der Waals surface area contributed by atoms with Crippen molar-refractivity contribution in [1.82, 2.24) is 0 Å². The molecular weight excluding hydrogens is 593 g/mol. The summed E-state index contributed by atoms with van der Waals surface area (Å²) < 4.78 is 118. The molecule has 0 spiro atoms. The number of hydrogen-bond acceptors (Lipinski definition) is 1. The summed E-state index contributed by atoms with van der Waals surface area (Å²) in [4.78, 5) is 0. The molecule has 0 radical (unpaired) electrons. The van der Waals surface area contributed by atoms with Gasteiger partial charge in [0, 0.05) is 16.5 Å². The summed E-state index contributed by atoms with van der Waals surface area (Å²) in [5, 5.41) is 3.49. The van der Waals surface area contributed by atoms with Crippen LogP contribution in [0.4, 0.5) is 0 Å². The molecule has 1 heterocycles. The van der Waals surface area contributed by atoms with E-state index in [1.165, 1.54) is 0 Å². The summed E-state index contributed by atoms with van der Waals surface area (Å²) in [6.45, 7) is 0. The topological polar surface area (TPSA) is 13.1 Å². The van der Waals surface area contributed by atoms with Crippen LogP contribution >= 0.6 is 0 Å². The molecule has 0 aliphatic heterocycles. The van der Waals surface area contributed by atoms with Crippen molar-refractivity contribution in [2.75, 3.05) is 0 Å². The zero-order chi connectivity index (χ0) is 42.8. The van der Waals surface area contributed by atoms with E-state index in [1.54, 1.807) is 18.2 Å². The van der Waals surface area contributed by atoms with Gasteiger partial charge in [-0.1, -0.05) is 170 Å². The third kappa shape index (κ3) is 4.40. The first-order valence-electron chi connectivity index (χ1n) is 21.9. The Morgan fingerprint density at radius 1 is 0.347 bits per heavy atom. The molecule has 1 aromatic heterocycles. The second kappa shape index (κ2) is 11.1. The average molecular weight is 635 g/mol. The number of para-hydroxylation sites is 1. The molecule has 0 N–H and O–H groups in total. The smallest absolute Gasteiger partial charge is 0.144 e. The van der Waals surface area contributed by atoms with Crippen molar-refractivity contribution in [3.8, 4) is 44.7 Å². The van der Waals surface area contributed by atoms with E-state index in [1.807, 2.05) is 91.0 Å². The maximum absolute atomic E-state index is 9.59. The minimum absolute atomic E-state index is 0.00241. The Kier molecular flexibility index (Phi) is 4.11. The number of benzene rings is 9. The lowest BCUT2D eigenvalue weighted by atomic mass is 9.86. The van der Waals surface area contributed by atoms with Crippen molar-refractivity contribution in [3.63, 3.8) is 0 Å². The first-order chi connectivity index (χ1) is 29.3. The molecule has 228 valence electrons. The third-order valence-corrected chi connectivity index (χ3v) is 9.17. The van der Waals surface area contributed by atoms with Gasteiger partial charge in [0.2, 0.25) is 0 Å². The molecule has 0 saturated heterocycles. The van der Waals surface area contributed by atoms with Gasteiger partial charge in [-0.25, -0.2) is 0 Å². The van der Waals surface area contributed by atoms with Crippen molar-refractivity contribution in [2.24, 2.45) is 0 Å². The first-order valence-corrected chi connectivity index (χ1v) is 15.9. The highest BCUT2D eigenvalue weighted by atomic mass is 16.3. The Balaban J connectivity index is 1.40. The molecule has 1 nitrogen and oxygen atoms in total. The van der Waals surface area contributed by atoms with Crippen LogP contribution in [0.3, 0.4) is 0 Å². The van der Waals surface area contributed by atoms with Gasteiger partial charge in [0.05, 0.1) is 16.4 Å². The molecule has 1 heteroatoms. The van der Waals surface area contributed by atoms with Gasteiger partial charge in [-0.15, -0.1) is 0 Å². The number of rotatable bonds is 4. The summed E-state index contributed by atoms with van der Waals surface area (Å²) in [6, 6.07) is 26.7. The largest absolute Gasteiger partial charge is 0.455 e. The van der Waals surface area contributed by atoms with Crippen LogP contribution in [-0.2, 0) is 0 Å². The molecule has 10 aromatic rings. The molecule has 0 aliphatic rings. The second-order valence-corrected chi connectivity index (χ2v) is 11.9. The van der Waals surface area contributed by atoms with Gasteiger partial charge in [-0.3, -0.25) is 0 Å². The predicted molar refractivity (Wildman–Crippen MR) is 208 cm³/mol. The number of furan rings is 1. The van der Waals surface area contributed by atoms with Crippen LogP contribution in [0.25, 0.3) is 98.8 Å². The number of hydrogen-bond donors (Lipinski definition) is 0. The van der Waals surface area contributed by atoms with Crippen LogP contribution in [0.5, 0.6) is 0 Å². The van der Waals surface area contributed by atoms with E-state index in [0.29, 0.717) is 27.7 Å². The Labute approximate surface area is 301 Å². The monoisotopic (exact) mass is 634 g/mol. The molecular formula is C48H30O. The van der Waals surface area contributed by atoms with Crippen LogP contribution in [0.1, 0.15) is 16.4 Å². The molecule has 9 aromatic carbocycles. The Hall–Kier alpha value is -6.44. The van der Waals surface area contributed by atoms with Crippen molar-refractivity contribution in [3.05, 3.63) is 182 Å². The summed E-state index contributed by atoms with van der Waals surface area (Å²) in [6.07, 6.45) is 0. The molecule has 0 unspecified atom stereocenters. The fourth-order valence-electron chi connectivity index (χ4n) is 6.95. The highest BCUT2D eigenvalue weighted by Gasteiger charge is 2.23. The first kappa shape index (κ1) is 18.2. The molecule has 49 heavy (non-hydrogen) atoms. The Bertz CT molecular complexity index is 3450. The summed E-state index contributed by atoms with van der Waals surface area (Å²) in [5.74, 6) is 0.0859. The van der Waals surface area contributed by atoms with Gasteiger partial charge in [-0.2, -0.15) is 0 Å². The lowest BCUT2D eigenvalue weighted by molar-refractivity contribution is 0.634. The van der Waals surface area contributed by atoms with Gasteiger partial charge in [0.1, 0.15) is 11.3 Å². The molecule has 0 saturated carbocycles. The van der Waals surface area contributed by atoms with Gasteiger partial charge >= 0.3 is 0 Å². The summed E-state index contributed by atoms with van der Waals surface area (Å²) in [7, 11) is 0. The molecule has 0 fully saturated rings. The van der Waals surface area contributed by atoms with Gasteiger partial charge in [-0.05, 0) is 83.0 Å². The van der Waals surface area contributed by atoms with Crippen molar-refractivity contribution in [1.29, 1.82) is 0 Å². The van der Waals surface area contributed by atoms with Gasteiger partial charge < -0.3 is 4.42 Å². The fraction of sp³-hybridized carbons (Fsp3) is 0. The predicted octanol–water partition coefficient (Wildman–Crippen LogP) is 13.7. The summed E-state index contributed by atoms with van der Waals surface area (Å²) in [5.41, 5.74) is 1.33. The molecule has 0 atom stereocenters. The van der Waals surface area contributed by atoms with Gasteiger partial charge in [0.25, 0.3) is 0 Å². The van der Waals surface area contributed by atoms with Crippen LogP contribution < -0.4 is 0 Å². The van der Waals surface area contributed by atoms with Crippen LogP contribution in [0.15, 0.2) is 186 Å². The SMILES string of the molecule is [2H]c1c([2H])c(-c2c3c([2H])c([2H])c([2H])c([2H])c3c(-c3oc4ccccc4c3-c3ccccc3)c3c([2H])c([2H])c([2H])c([2H])c23)c([2H])c([2H])c1-c1ccc2ccc3ccccc3c2c1. The van der Waals surface area contributed by atoms with Crippen LogP contribution in [-0.4, -0.2) is 0 Å². The normalized spacial score (nSPS) is 15.1. The Morgan fingerprint density at radius 2 is 0.898 bits per heavy atom. The maximum atomic E-state index is 9.59. The van der Waals surface area contributed by atoms with E-state index in [0.717, 1.165) is 21.5 Å². The molecule has 0 bridgehead atoms. The molecule has 0 amide bonds. The van der Waals surface area contributed by atoms with Crippen molar-refractivity contribution < 1.29 is 20.9 Å². The molecule has 10 rings (SSSR count). The fourth-order valence-corrected chi connectivity index (χ4v) is 6.95. The van der Waals surface area contributed by atoms with E-state index in [-0.39, 0.29) is 49.6 Å². The lowest BCUT2D eigenvalue weighted by Crippen LogP contribution is -1.91. The summed E-state index contributed by atoms with van der Waals surface area (Å²) >= 11 is 0. The van der Waals surface area contributed by atoms with Gasteiger partial charge in [0.15, 0.2) is 0 Å². The standard InChI is InChI=1S/C48H30O/c1-2-13-34(14-3-1)46-42-20-10-11-21-44(42)49-48(46)47-40-18-8-6-16-38(40)45(39-17-7-9-19-41(39)47)35-27-22-31(23-28-35)36-29-26-33-25-24-32-12-4-5-15-37(32)43(33)30-36/h1-30H/i6D,7D,8D,9D,16D,17D,18D,19D,22D,23D,27D,28D. The zero-order valence-electron chi connectivity index (χ0n) is 37.8. The minimum Gasteiger partial charge on any atom is -0.455 e. The average Bonchev–Trinajstić information content (AvgIpc) is 3.67. The van der Waals surface area contributed by atoms with E-state index < -0.39 is 72.5 Å². The zero-order valence-corrected chi connectivity index (χ0v) is 25.8. The van der Waals surface area contributed by atoms with Crippen molar-refractivity contribution in [2.45, 2.75) is 0 Å². The number of fused-ring (bicyclic) bond motifs is 6. The van der Waals surface area contributed by atoms with Crippen LogP contribution in [0, 0.1) is 0 Å².